The van der Waals surface area contributed by atoms with Gasteiger partial charge in [0.2, 0.25) is 5.89 Å². The Kier molecular flexibility index (Phi) is 6.36. The smallest absolute Gasteiger partial charge is 0.282 e. The Balaban J connectivity index is 1.48. The lowest BCUT2D eigenvalue weighted by Gasteiger charge is -2.10. The van der Waals surface area contributed by atoms with Crippen molar-refractivity contribution in [3.05, 3.63) is 88.8 Å². The van der Waals surface area contributed by atoms with Crippen molar-refractivity contribution in [3.8, 4) is 28.6 Å². The number of hydrogen-bond acceptors (Lipinski definition) is 9. The van der Waals surface area contributed by atoms with Crippen molar-refractivity contribution in [2.24, 2.45) is 0 Å². The Bertz CT molecular complexity index is 1510. The van der Waals surface area contributed by atoms with Gasteiger partial charge in [0.15, 0.2) is 5.82 Å². The first-order valence-electron chi connectivity index (χ1n) is 10.8. The molecular weight excluding hydrogens is 466 g/mol. The fourth-order valence-corrected chi connectivity index (χ4v) is 4.37. The van der Waals surface area contributed by atoms with Gasteiger partial charge in [-0.15, -0.1) is 10.2 Å². The van der Waals surface area contributed by atoms with Crippen LogP contribution in [0.1, 0.15) is 12.8 Å². The number of thioether (sulfide) groups is 1. The van der Waals surface area contributed by atoms with E-state index in [2.05, 4.69) is 10.2 Å². The summed E-state index contributed by atoms with van der Waals surface area (Å²) in [6.07, 6.45) is 0. The third kappa shape index (κ3) is 4.82. The minimum absolute atomic E-state index is 0.0897. The maximum absolute atomic E-state index is 11.3. The SMILES string of the molecule is CCOc1ccc2nc(-c3ccccc3)nc(SCc3nnc(-c4ccccc4[N+](=O)[O-])o3)c2c1. The zero-order chi connectivity index (χ0) is 24.2. The molecule has 10 heteroatoms. The predicted molar refractivity (Wildman–Crippen MR) is 132 cm³/mol. The second-order valence-electron chi connectivity index (χ2n) is 7.39. The summed E-state index contributed by atoms with van der Waals surface area (Å²) in [6.45, 7) is 2.48. The fourth-order valence-electron chi connectivity index (χ4n) is 3.53. The minimum Gasteiger partial charge on any atom is -0.494 e. The number of nitro groups is 1. The van der Waals surface area contributed by atoms with E-state index in [1.54, 1.807) is 18.2 Å². The van der Waals surface area contributed by atoms with Gasteiger partial charge in [0.25, 0.3) is 11.6 Å². The number of hydrogen-bond donors (Lipinski definition) is 0. The monoisotopic (exact) mass is 485 g/mol. The molecule has 0 N–H and O–H groups in total. The van der Waals surface area contributed by atoms with E-state index >= 15 is 0 Å². The third-order valence-electron chi connectivity index (χ3n) is 5.11. The summed E-state index contributed by atoms with van der Waals surface area (Å²) in [4.78, 5) is 20.4. The van der Waals surface area contributed by atoms with E-state index in [9.17, 15) is 10.1 Å². The van der Waals surface area contributed by atoms with Gasteiger partial charge in [0.1, 0.15) is 16.3 Å². The van der Waals surface area contributed by atoms with E-state index in [1.807, 2.05) is 55.5 Å². The van der Waals surface area contributed by atoms with Crippen LogP contribution in [-0.4, -0.2) is 31.7 Å². The van der Waals surface area contributed by atoms with Crippen molar-refractivity contribution in [2.45, 2.75) is 17.7 Å². The molecule has 0 spiro atoms. The topological polar surface area (TPSA) is 117 Å². The predicted octanol–water partition coefficient (Wildman–Crippen LogP) is 5.95. The molecule has 0 radical (unpaired) electrons. The number of nitrogens with zero attached hydrogens (tertiary/aromatic N) is 5. The highest BCUT2D eigenvalue weighted by atomic mass is 32.2. The number of ether oxygens (including phenoxy) is 1. The van der Waals surface area contributed by atoms with Crippen molar-refractivity contribution in [1.82, 2.24) is 20.2 Å². The second kappa shape index (κ2) is 9.90. The highest BCUT2D eigenvalue weighted by molar-refractivity contribution is 7.98. The molecule has 0 aliphatic rings. The molecule has 0 saturated carbocycles. The number of para-hydroxylation sites is 1. The summed E-state index contributed by atoms with van der Waals surface area (Å²) in [5.74, 6) is 2.10. The number of benzene rings is 3. The quantitative estimate of drug-likeness (QED) is 0.114. The summed E-state index contributed by atoms with van der Waals surface area (Å²) in [5.41, 5.74) is 1.88. The lowest BCUT2D eigenvalue weighted by molar-refractivity contribution is -0.384. The van der Waals surface area contributed by atoms with Crippen LogP contribution in [0, 0.1) is 10.1 Å². The van der Waals surface area contributed by atoms with Crippen molar-refractivity contribution in [2.75, 3.05) is 6.61 Å². The normalized spacial score (nSPS) is 11.0. The van der Waals surface area contributed by atoms with Crippen molar-refractivity contribution in [3.63, 3.8) is 0 Å². The summed E-state index contributed by atoms with van der Waals surface area (Å²) in [5, 5.41) is 21.0. The van der Waals surface area contributed by atoms with E-state index in [1.165, 1.54) is 17.8 Å². The van der Waals surface area contributed by atoms with Gasteiger partial charge in [-0.05, 0) is 31.2 Å². The average Bonchev–Trinajstić information content (AvgIpc) is 3.37. The molecule has 5 rings (SSSR count). The largest absolute Gasteiger partial charge is 0.494 e. The van der Waals surface area contributed by atoms with Gasteiger partial charge in [0.05, 0.1) is 22.8 Å². The van der Waals surface area contributed by atoms with E-state index in [0.29, 0.717) is 24.1 Å². The summed E-state index contributed by atoms with van der Waals surface area (Å²) in [7, 11) is 0. The highest BCUT2D eigenvalue weighted by Gasteiger charge is 2.20. The first kappa shape index (κ1) is 22.5. The zero-order valence-electron chi connectivity index (χ0n) is 18.6. The first-order valence-corrected chi connectivity index (χ1v) is 11.8. The van der Waals surface area contributed by atoms with E-state index < -0.39 is 4.92 Å². The van der Waals surface area contributed by atoms with E-state index in [0.717, 1.165) is 27.2 Å². The molecule has 0 saturated heterocycles. The Morgan fingerprint density at radius 1 is 1.00 bits per heavy atom. The van der Waals surface area contributed by atoms with E-state index in [-0.39, 0.29) is 17.1 Å². The third-order valence-corrected chi connectivity index (χ3v) is 6.08. The van der Waals surface area contributed by atoms with Crippen LogP contribution in [-0.2, 0) is 5.75 Å². The number of rotatable bonds is 8. The second-order valence-corrected chi connectivity index (χ2v) is 8.36. The van der Waals surface area contributed by atoms with Gasteiger partial charge in [-0.3, -0.25) is 10.1 Å². The molecule has 0 unspecified atom stereocenters. The first-order chi connectivity index (χ1) is 17.1. The van der Waals surface area contributed by atoms with Crippen LogP contribution >= 0.6 is 11.8 Å². The standard InChI is InChI=1S/C25H19N5O4S/c1-2-33-17-12-13-20-19(14-17)25(27-23(26-20)16-8-4-3-5-9-16)35-15-22-28-29-24(34-22)18-10-6-7-11-21(18)30(31)32/h3-14H,2,15H2,1H3. The van der Waals surface area contributed by atoms with Crippen LogP contribution in [0.3, 0.4) is 0 Å². The van der Waals surface area contributed by atoms with Crippen LogP contribution in [0.25, 0.3) is 33.7 Å². The van der Waals surface area contributed by atoms with Gasteiger partial charge in [-0.1, -0.05) is 54.2 Å². The van der Waals surface area contributed by atoms with E-state index in [4.69, 9.17) is 19.1 Å². The van der Waals surface area contributed by atoms with Crippen LogP contribution < -0.4 is 4.74 Å². The molecule has 174 valence electrons. The van der Waals surface area contributed by atoms with Gasteiger partial charge >= 0.3 is 0 Å². The van der Waals surface area contributed by atoms with Gasteiger partial charge < -0.3 is 9.15 Å². The maximum atomic E-state index is 11.3. The lowest BCUT2D eigenvalue weighted by Crippen LogP contribution is -1.96. The molecule has 5 aromatic rings. The molecule has 0 aliphatic carbocycles. The van der Waals surface area contributed by atoms with Crippen molar-refractivity contribution < 1.29 is 14.1 Å². The number of aromatic nitrogens is 4. The van der Waals surface area contributed by atoms with Gasteiger partial charge in [0, 0.05) is 17.0 Å². The minimum atomic E-state index is -0.470. The van der Waals surface area contributed by atoms with Crippen LogP contribution in [0.4, 0.5) is 5.69 Å². The molecule has 0 aliphatic heterocycles. The molecule has 9 nitrogen and oxygen atoms in total. The van der Waals surface area contributed by atoms with Crippen molar-refractivity contribution >= 4 is 28.4 Å². The molecule has 3 aromatic carbocycles. The molecule has 2 heterocycles. The van der Waals surface area contributed by atoms with Crippen LogP contribution in [0.15, 0.2) is 82.2 Å². The summed E-state index contributed by atoms with van der Waals surface area (Å²) >= 11 is 1.42. The average molecular weight is 486 g/mol. The zero-order valence-corrected chi connectivity index (χ0v) is 19.4. The Hall–Kier alpha value is -4.31. The van der Waals surface area contributed by atoms with Crippen molar-refractivity contribution in [1.29, 1.82) is 0 Å². The fraction of sp³-hybridized carbons (Fsp3) is 0.120. The Labute approximate surface area is 204 Å². The molecule has 35 heavy (non-hydrogen) atoms. The maximum Gasteiger partial charge on any atom is 0.282 e. The number of nitro benzene ring substituents is 1. The molecule has 2 aromatic heterocycles. The molecule has 0 amide bonds. The van der Waals surface area contributed by atoms with Gasteiger partial charge in [-0.25, -0.2) is 9.97 Å². The van der Waals surface area contributed by atoms with Gasteiger partial charge in [-0.2, -0.15) is 0 Å². The molecular formula is C25H19N5O4S. The molecule has 0 atom stereocenters. The van der Waals surface area contributed by atoms with Crippen LogP contribution in [0.2, 0.25) is 0 Å². The molecule has 0 fully saturated rings. The summed E-state index contributed by atoms with van der Waals surface area (Å²) in [6, 6.07) is 21.7. The Morgan fingerprint density at radius 3 is 2.60 bits per heavy atom. The molecule has 0 bridgehead atoms. The Morgan fingerprint density at radius 2 is 1.80 bits per heavy atom. The number of fused-ring (bicyclic) bond motifs is 1. The lowest BCUT2D eigenvalue weighted by atomic mass is 10.2. The summed E-state index contributed by atoms with van der Waals surface area (Å²) < 4.78 is 11.4. The van der Waals surface area contributed by atoms with Crippen LogP contribution in [0.5, 0.6) is 5.75 Å². The highest BCUT2D eigenvalue weighted by Crippen LogP contribution is 2.34.